The first-order valence-electron chi connectivity index (χ1n) is 8.64. The van der Waals surface area contributed by atoms with Gasteiger partial charge in [0.1, 0.15) is 4.21 Å². The zero-order valence-electron chi connectivity index (χ0n) is 15.4. The average Bonchev–Trinajstić information content (AvgIpc) is 3.25. The number of rotatable bonds is 7. The number of carbonyl (C=O) groups is 2. The second-order valence-corrected chi connectivity index (χ2v) is 8.69. The van der Waals surface area contributed by atoms with Gasteiger partial charge < -0.3 is 10.1 Å². The standard InChI is InChI=1S/C20H18N2O5S2/c1-2-27-20(24)16-6-3-4-7-17(16)21-19(23)14-9-11-15(12-10-14)22-29(25,26)18-8-5-13-28-18/h3-13,22H,2H2,1H3,(H,21,23). The van der Waals surface area contributed by atoms with Gasteiger partial charge in [0.15, 0.2) is 0 Å². The Kier molecular flexibility index (Phi) is 6.30. The molecule has 0 radical (unpaired) electrons. The number of esters is 1. The predicted octanol–water partition coefficient (Wildman–Crippen LogP) is 3.98. The summed E-state index contributed by atoms with van der Waals surface area (Å²) in [7, 11) is -3.66. The number of carbonyl (C=O) groups excluding carboxylic acids is 2. The Hall–Kier alpha value is -3.17. The minimum Gasteiger partial charge on any atom is -0.462 e. The molecule has 2 N–H and O–H groups in total. The van der Waals surface area contributed by atoms with Crippen LogP contribution in [0.5, 0.6) is 0 Å². The highest BCUT2D eigenvalue weighted by Crippen LogP contribution is 2.21. The first-order chi connectivity index (χ1) is 13.9. The zero-order chi connectivity index (χ0) is 20.9. The molecular formula is C20H18N2O5S2. The van der Waals surface area contributed by atoms with E-state index in [4.69, 9.17) is 4.74 Å². The fourth-order valence-electron chi connectivity index (χ4n) is 2.48. The maximum atomic E-state index is 12.5. The number of hydrogen-bond donors (Lipinski definition) is 2. The lowest BCUT2D eigenvalue weighted by Gasteiger charge is -2.11. The van der Waals surface area contributed by atoms with E-state index in [1.165, 1.54) is 30.3 Å². The number of hydrogen-bond acceptors (Lipinski definition) is 6. The minimum atomic E-state index is -3.66. The molecule has 0 atom stereocenters. The summed E-state index contributed by atoms with van der Waals surface area (Å²) in [5.74, 6) is -0.962. The number of nitrogens with one attached hydrogen (secondary N) is 2. The predicted molar refractivity (Wildman–Crippen MR) is 112 cm³/mol. The van der Waals surface area contributed by atoms with E-state index in [0.29, 0.717) is 16.9 Å². The fraction of sp³-hybridized carbons (Fsp3) is 0.100. The van der Waals surface area contributed by atoms with Crippen LogP contribution in [0.4, 0.5) is 11.4 Å². The van der Waals surface area contributed by atoms with Gasteiger partial charge in [-0.05, 0) is 54.8 Å². The van der Waals surface area contributed by atoms with E-state index in [1.807, 2.05) is 0 Å². The van der Waals surface area contributed by atoms with Crippen LogP contribution < -0.4 is 10.0 Å². The Labute approximate surface area is 172 Å². The van der Waals surface area contributed by atoms with E-state index in [2.05, 4.69) is 10.0 Å². The fourth-order valence-corrected chi connectivity index (χ4v) is 4.54. The topological polar surface area (TPSA) is 102 Å². The Balaban J connectivity index is 1.73. The van der Waals surface area contributed by atoms with Crippen molar-refractivity contribution in [3.8, 4) is 0 Å². The smallest absolute Gasteiger partial charge is 0.340 e. The van der Waals surface area contributed by atoms with E-state index in [0.717, 1.165) is 11.3 Å². The van der Waals surface area contributed by atoms with Gasteiger partial charge in [0.2, 0.25) is 0 Å². The van der Waals surface area contributed by atoms with Crippen LogP contribution in [-0.4, -0.2) is 26.9 Å². The zero-order valence-corrected chi connectivity index (χ0v) is 17.0. The normalized spacial score (nSPS) is 10.9. The molecule has 1 aromatic heterocycles. The molecule has 0 saturated heterocycles. The third-order valence-electron chi connectivity index (χ3n) is 3.83. The number of para-hydroxylation sites is 1. The van der Waals surface area contributed by atoms with Crippen LogP contribution in [0, 0.1) is 0 Å². The van der Waals surface area contributed by atoms with Crippen molar-refractivity contribution in [2.24, 2.45) is 0 Å². The van der Waals surface area contributed by atoms with Crippen molar-refractivity contribution in [3.63, 3.8) is 0 Å². The molecule has 150 valence electrons. The molecule has 0 saturated carbocycles. The quantitative estimate of drug-likeness (QED) is 0.552. The van der Waals surface area contributed by atoms with Gasteiger partial charge in [0.25, 0.3) is 15.9 Å². The lowest BCUT2D eigenvalue weighted by Crippen LogP contribution is -2.16. The lowest BCUT2D eigenvalue weighted by atomic mass is 10.1. The van der Waals surface area contributed by atoms with E-state index >= 15 is 0 Å². The van der Waals surface area contributed by atoms with Gasteiger partial charge in [0, 0.05) is 11.3 Å². The Bertz CT molecular complexity index is 1110. The van der Waals surface area contributed by atoms with Crippen molar-refractivity contribution >= 4 is 44.6 Å². The second-order valence-electron chi connectivity index (χ2n) is 5.84. The van der Waals surface area contributed by atoms with Gasteiger partial charge in [-0.1, -0.05) is 18.2 Å². The minimum absolute atomic E-state index is 0.204. The summed E-state index contributed by atoms with van der Waals surface area (Å²) in [5.41, 5.74) is 1.23. The molecular weight excluding hydrogens is 412 g/mol. The third-order valence-corrected chi connectivity index (χ3v) is 6.61. The maximum Gasteiger partial charge on any atom is 0.340 e. The van der Waals surface area contributed by atoms with Crippen molar-refractivity contribution < 1.29 is 22.7 Å². The third kappa shape index (κ3) is 5.01. The summed E-state index contributed by atoms with van der Waals surface area (Å²) < 4.78 is 32.2. The number of sulfonamides is 1. The van der Waals surface area contributed by atoms with Crippen LogP contribution in [0.2, 0.25) is 0 Å². The highest BCUT2D eigenvalue weighted by Gasteiger charge is 2.17. The highest BCUT2D eigenvalue weighted by atomic mass is 32.2. The van der Waals surface area contributed by atoms with Crippen molar-refractivity contribution in [2.75, 3.05) is 16.6 Å². The number of benzene rings is 2. The van der Waals surface area contributed by atoms with Crippen molar-refractivity contribution in [2.45, 2.75) is 11.1 Å². The van der Waals surface area contributed by atoms with Crippen LogP contribution in [0.15, 0.2) is 70.3 Å². The SMILES string of the molecule is CCOC(=O)c1ccccc1NC(=O)c1ccc(NS(=O)(=O)c2cccs2)cc1. The number of thiophene rings is 1. The van der Waals surface area contributed by atoms with Crippen molar-refractivity contribution in [1.82, 2.24) is 0 Å². The number of amides is 1. The molecule has 0 aliphatic rings. The molecule has 2 aromatic carbocycles. The van der Waals surface area contributed by atoms with Gasteiger partial charge in [0.05, 0.1) is 17.9 Å². The number of anilines is 2. The summed E-state index contributed by atoms with van der Waals surface area (Å²) >= 11 is 1.11. The summed E-state index contributed by atoms with van der Waals surface area (Å²) in [4.78, 5) is 24.6. The molecule has 0 fully saturated rings. The van der Waals surface area contributed by atoms with E-state index in [1.54, 1.807) is 42.6 Å². The summed E-state index contributed by atoms with van der Waals surface area (Å²) in [5, 5.41) is 4.36. The van der Waals surface area contributed by atoms with Crippen molar-refractivity contribution in [3.05, 3.63) is 77.2 Å². The summed E-state index contributed by atoms with van der Waals surface area (Å²) in [6.45, 7) is 1.93. The van der Waals surface area contributed by atoms with Crippen LogP contribution >= 0.6 is 11.3 Å². The Morgan fingerprint density at radius 2 is 1.72 bits per heavy atom. The molecule has 0 bridgehead atoms. The maximum absolute atomic E-state index is 12.5. The van der Waals surface area contributed by atoms with E-state index in [9.17, 15) is 18.0 Å². The lowest BCUT2D eigenvalue weighted by molar-refractivity contribution is 0.0527. The number of ether oxygens (including phenoxy) is 1. The van der Waals surface area contributed by atoms with Crippen LogP contribution in [0.3, 0.4) is 0 Å². The van der Waals surface area contributed by atoms with E-state index in [-0.39, 0.29) is 16.4 Å². The molecule has 0 aliphatic carbocycles. The molecule has 0 spiro atoms. The largest absolute Gasteiger partial charge is 0.462 e. The molecule has 1 amide bonds. The monoisotopic (exact) mass is 430 g/mol. The molecule has 3 rings (SSSR count). The summed E-state index contributed by atoms with van der Waals surface area (Å²) in [6.07, 6.45) is 0. The van der Waals surface area contributed by atoms with E-state index < -0.39 is 21.9 Å². The summed E-state index contributed by atoms with van der Waals surface area (Å²) in [6, 6.07) is 15.7. The first-order valence-corrected chi connectivity index (χ1v) is 11.0. The molecule has 9 heteroatoms. The molecule has 1 heterocycles. The van der Waals surface area contributed by atoms with Crippen LogP contribution in [0.25, 0.3) is 0 Å². The Morgan fingerprint density at radius 1 is 1.00 bits per heavy atom. The van der Waals surface area contributed by atoms with Crippen molar-refractivity contribution in [1.29, 1.82) is 0 Å². The van der Waals surface area contributed by atoms with Gasteiger partial charge in [-0.25, -0.2) is 13.2 Å². The van der Waals surface area contributed by atoms with Crippen LogP contribution in [0.1, 0.15) is 27.6 Å². The second kappa shape index (κ2) is 8.89. The molecule has 29 heavy (non-hydrogen) atoms. The first kappa shape index (κ1) is 20.6. The molecule has 0 unspecified atom stereocenters. The van der Waals surface area contributed by atoms with Gasteiger partial charge in [-0.15, -0.1) is 11.3 Å². The highest BCUT2D eigenvalue weighted by molar-refractivity contribution is 7.94. The van der Waals surface area contributed by atoms with Gasteiger partial charge in [-0.3, -0.25) is 9.52 Å². The Morgan fingerprint density at radius 3 is 2.38 bits per heavy atom. The molecule has 3 aromatic rings. The van der Waals surface area contributed by atoms with Crippen LogP contribution in [-0.2, 0) is 14.8 Å². The molecule has 0 aliphatic heterocycles. The molecule has 7 nitrogen and oxygen atoms in total. The van der Waals surface area contributed by atoms with Gasteiger partial charge >= 0.3 is 5.97 Å². The average molecular weight is 431 g/mol. The van der Waals surface area contributed by atoms with Gasteiger partial charge in [-0.2, -0.15) is 0 Å².